The Morgan fingerprint density at radius 1 is 1.26 bits per heavy atom. The maximum Gasteiger partial charge on any atom is 0.0706 e. The van der Waals surface area contributed by atoms with Crippen molar-refractivity contribution >= 4 is 10.9 Å². The normalized spacial score (nSPS) is 13.0. The summed E-state index contributed by atoms with van der Waals surface area (Å²) in [5.74, 6) is 0.621. The van der Waals surface area contributed by atoms with E-state index >= 15 is 0 Å². The van der Waals surface area contributed by atoms with E-state index in [0.717, 1.165) is 26.1 Å². The van der Waals surface area contributed by atoms with Crippen LogP contribution in [0.5, 0.6) is 0 Å². The van der Waals surface area contributed by atoms with Gasteiger partial charge in [0.25, 0.3) is 0 Å². The number of nitrogens with one attached hydrogen (secondary N) is 1. The molecular weight excluding hydrogens is 234 g/mol. The van der Waals surface area contributed by atoms with Crippen LogP contribution in [0, 0.1) is 5.92 Å². The van der Waals surface area contributed by atoms with Crippen LogP contribution in [-0.4, -0.2) is 22.9 Å². The summed E-state index contributed by atoms with van der Waals surface area (Å²) in [6, 6.07) is 8.55. The second-order valence-electron chi connectivity index (χ2n) is 5.29. The Bertz CT molecular complexity index is 516. The Kier molecular flexibility index (Phi) is 4.97. The van der Waals surface area contributed by atoms with E-state index in [2.05, 4.69) is 55.0 Å². The van der Waals surface area contributed by atoms with Crippen molar-refractivity contribution < 1.29 is 0 Å². The summed E-state index contributed by atoms with van der Waals surface area (Å²) in [4.78, 5) is 0. The van der Waals surface area contributed by atoms with Gasteiger partial charge < -0.3 is 5.32 Å². The van der Waals surface area contributed by atoms with Crippen LogP contribution < -0.4 is 5.32 Å². The van der Waals surface area contributed by atoms with E-state index < -0.39 is 0 Å². The van der Waals surface area contributed by atoms with Crippen molar-refractivity contribution in [3.05, 3.63) is 30.0 Å². The number of nitrogens with zero attached hydrogens (tertiary/aromatic N) is 2. The van der Waals surface area contributed by atoms with Gasteiger partial charge in [-0.15, -0.1) is 0 Å². The molecular formula is C16H25N3. The van der Waals surface area contributed by atoms with Crippen LogP contribution in [0.25, 0.3) is 10.9 Å². The van der Waals surface area contributed by atoms with Gasteiger partial charge in [0.15, 0.2) is 0 Å². The highest BCUT2D eigenvalue weighted by atomic mass is 15.3. The summed E-state index contributed by atoms with van der Waals surface area (Å²) in [5, 5.41) is 9.57. The number of para-hydroxylation sites is 1. The monoisotopic (exact) mass is 259 g/mol. The molecule has 0 bridgehead atoms. The molecule has 1 aromatic heterocycles. The van der Waals surface area contributed by atoms with E-state index in [0.29, 0.717) is 5.92 Å². The second kappa shape index (κ2) is 6.71. The molecule has 1 heterocycles. The minimum absolute atomic E-state index is 0.621. The van der Waals surface area contributed by atoms with Crippen LogP contribution in [0.4, 0.5) is 0 Å². The summed E-state index contributed by atoms with van der Waals surface area (Å²) in [5.41, 5.74) is 2.50. The highest BCUT2D eigenvalue weighted by Crippen LogP contribution is 2.20. The molecule has 0 aliphatic heterocycles. The van der Waals surface area contributed by atoms with Gasteiger partial charge in [-0.1, -0.05) is 32.0 Å². The molecule has 0 saturated carbocycles. The third kappa shape index (κ3) is 3.35. The third-order valence-electron chi connectivity index (χ3n) is 3.50. The zero-order valence-electron chi connectivity index (χ0n) is 12.3. The minimum Gasteiger partial charge on any atom is -0.316 e. The van der Waals surface area contributed by atoms with Crippen LogP contribution in [0.1, 0.15) is 32.9 Å². The fourth-order valence-electron chi connectivity index (χ4n) is 2.52. The average Bonchev–Trinajstić information content (AvgIpc) is 2.77. The van der Waals surface area contributed by atoms with Crippen molar-refractivity contribution in [2.24, 2.45) is 5.92 Å². The molecule has 1 unspecified atom stereocenters. The Morgan fingerprint density at radius 3 is 2.79 bits per heavy atom. The third-order valence-corrected chi connectivity index (χ3v) is 3.50. The zero-order chi connectivity index (χ0) is 13.7. The molecule has 1 N–H and O–H groups in total. The lowest BCUT2D eigenvalue weighted by molar-refractivity contribution is 0.502. The Labute approximate surface area is 116 Å². The van der Waals surface area contributed by atoms with Gasteiger partial charge in [0.2, 0.25) is 0 Å². The largest absolute Gasteiger partial charge is 0.316 e. The topological polar surface area (TPSA) is 29.9 Å². The molecule has 19 heavy (non-hydrogen) atoms. The van der Waals surface area contributed by atoms with Gasteiger partial charge in [-0.2, -0.15) is 5.10 Å². The summed E-state index contributed by atoms with van der Waals surface area (Å²) in [6.45, 7) is 9.75. The number of hydrogen-bond donors (Lipinski definition) is 1. The summed E-state index contributed by atoms with van der Waals surface area (Å²) >= 11 is 0. The van der Waals surface area contributed by atoms with E-state index in [4.69, 9.17) is 5.10 Å². The zero-order valence-corrected chi connectivity index (χ0v) is 12.3. The molecule has 0 aliphatic rings. The van der Waals surface area contributed by atoms with Gasteiger partial charge in [0, 0.05) is 11.9 Å². The predicted octanol–water partition coefficient (Wildman–Crippen LogP) is 3.23. The van der Waals surface area contributed by atoms with Crippen molar-refractivity contribution in [2.75, 3.05) is 13.1 Å². The van der Waals surface area contributed by atoms with E-state index in [1.807, 2.05) is 0 Å². The molecule has 104 valence electrons. The van der Waals surface area contributed by atoms with E-state index in [9.17, 15) is 0 Å². The quantitative estimate of drug-likeness (QED) is 0.774. The molecule has 0 aliphatic carbocycles. The Morgan fingerprint density at radius 2 is 2.05 bits per heavy atom. The van der Waals surface area contributed by atoms with Gasteiger partial charge in [-0.05, 0) is 44.8 Å². The molecule has 0 saturated heterocycles. The lowest BCUT2D eigenvalue weighted by Crippen LogP contribution is -2.23. The lowest BCUT2D eigenvalue weighted by Gasteiger charge is -2.10. The summed E-state index contributed by atoms with van der Waals surface area (Å²) in [6.07, 6.45) is 2.24. The van der Waals surface area contributed by atoms with Crippen molar-refractivity contribution in [2.45, 2.75) is 40.2 Å². The summed E-state index contributed by atoms with van der Waals surface area (Å²) < 4.78 is 2.11. The SMILES string of the molecule is CCCNCC(C)Cc1nn(CC)c2ccccc12. The number of hydrogen-bond acceptors (Lipinski definition) is 2. The lowest BCUT2D eigenvalue weighted by atomic mass is 10.0. The van der Waals surface area contributed by atoms with Gasteiger partial charge in [-0.3, -0.25) is 4.68 Å². The van der Waals surface area contributed by atoms with Gasteiger partial charge in [0.1, 0.15) is 0 Å². The first-order chi connectivity index (χ1) is 9.26. The van der Waals surface area contributed by atoms with Crippen LogP contribution in [0.3, 0.4) is 0 Å². The smallest absolute Gasteiger partial charge is 0.0706 e. The first kappa shape index (κ1) is 14.1. The fourth-order valence-corrected chi connectivity index (χ4v) is 2.52. The number of benzene rings is 1. The fraction of sp³-hybridized carbons (Fsp3) is 0.562. The highest BCUT2D eigenvalue weighted by Gasteiger charge is 2.12. The molecule has 0 radical (unpaired) electrons. The average molecular weight is 259 g/mol. The van der Waals surface area contributed by atoms with E-state index in [1.165, 1.54) is 23.0 Å². The first-order valence-electron chi connectivity index (χ1n) is 7.41. The van der Waals surface area contributed by atoms with Crippen molar-refractivity contribution in [1.29, 1.82) is 0 Å². The van der Waals surface area contributed by atoms with E-state index in [1.54, 1.807) is 0 Å². The maximum absolute atomic E-state index is 4.76. The van der Waals surface area contributed by atoms with Crippen LogP contribution >= 0.6 is 0 Å². The van der Waals surface area contributed by atoms with E-state index in [-0.39, 0.29) is 0 Å². The second-order valence-corrected chi connectivity index (χ2v) is 5.29. The molecule has 0 amide bonds. The van der Waals surface area contributed by atoms with Crippen LogP contribution in [-0.2, 0) is 13.0 Å². The molecule has 3 nitrogen and oxygen atoms in total. The molecule has 3 heteroatoms. The first-order valence-corrected chi connectivity index (χ1v) is 7.41. The molecule has 1 atom stereocenters. The van der Waals surface area contributed by atoms with Crippen LogP contribution in [0.15, 0.2) is 24.3 Å². The van der Waals surface area contributed by atoms with Gasteiger partial charge in [0.05, 0.1) is 11.2 Å². The standard InChI is InChI=1S/C16H25N3/c1-4-10-17-12-13(3)11-15-14-8-6-7-9-16(14)19(5-2)18-15/h6-9,13,17H,4-5,10-12H2,1-3H3. The number of rotatable bonds is 7. The molecule has 2 rings (SSSR count). The molecule has 1 aromatic carbocycles. The Balaban J connectivity index is 2.12. The number of aromatic nitrogens is 2. The molecule has 2 aromatic rings. The predicted molar refractivity (Wildman–Crippen MR) is 81.4 cm³/mol. The number of fused-ring (bicyclic) bond motifs is 1. The van der Waals surface area contributed by atoms with Gasteiger partial charge >= 0.3 is 0 Å². The molecule has 0 spiro atoms. The minimum atomic E-state index is 0.621. The number of aryl methyl sites for hydroxylation is 1. The summed E-state index contributed by atoms with van der Waals surface area (Å²) in [7, 11) is 0. The van der Waals surface area contributed by atoms with Crippen molar-refractivity contribution in [3.8, 4) is 0 Å². The van der Waals surface area contributed by atoms with Crippen LogP contribution in [0.2, 0.25) is 0 Å². The van der Waals surface area contributed by atoms with Gasteiger partial charge in [-0.25, -0.2) is 0 Å². The Hall–Kier alpha value is -1.35. The molecule has 0 fully saturated rings. The van der Waals surface area contributed by atoms with Crippen molar-refractivity contribution in [3.63, 3.8) is 0 Å². The maximum atomic E-state index is 4.76. The highest BCUT2D eigenvalue weighted by molar-refractivity contribution is 5.81. The van der Waals surface area contributed by atoms with Crippen molar-refractivity contribution in [1.82, 2.24) is 15.1 Å².